The first-order chi connectivity index (χ1) is 16.1. The van der Waals surface area contributed by atoms with Crippen LogP contribution in [-0.2, 0) is 25.0 Å². The van der Waals surface area contributed by atoms with E-state index in [2.05, 4.69) is 15.0 Å². The number of hydrogen-bond acceptors (Lipinski definition) is 11. The number of para-hydroxylation sites is 1. The van der Waals surface area contributed by atoms with Crippen molar-refractivity contribution in [3.05, 3.63) is 46.5 Å². The van der Waals surface area contributed by atoms with Gasteiger partial charge in [0, 0.05) is 5.56 Å². The number of phosphoric acid groups is 1. The SMILES string of the molecule is Nc1nc2c(ncn2[C@@H]2O[C@@](COP3(=O)OCc4ccccc4O3)(C(F)F)[C@H](O)[C@H]2O)c(=O)[nH]1. The molecule has 0 spiro atoms. The molecule has 5 rings (SSSR count). The first kappa shape index (κ1) is 22.8. The number of H-pyrrole nitrogens is 1. The van der Waals surface area contributed by atoms with Crippen molar-refractivity contribution in [3.8, 4) is 5.75 Å². The molecule has 0 amide bonds. The third kappa shape index (κ3) is 3.57. The van der Waals surface area contributed by atoms with Gasteiger partial charge < -0.3 is 25.2 Å². The van der Waals surface area contributed by atoms with Crippen LogP contribution in [0.4, 0.5) is 14.7 Å². The fourth-order valence-corrected chi connectivity index (χ4v) is 5.03. The molecule has 5 atom stereocenters. The van der Waals surface area contributed by atoms with Crippen molar-refractivity contribution in [1.82, 2.24) is 19.5 Å². The van der Waals surface area contributed by atoms with E-state index in [0.29, 0.717) is 5.56 Å². The number of aliphatic hydroxyl groups is 2. The summed E-state index contributed by atoms with van der Waals surface area (Å²) in [5.74, 6) is -0.103. The maximum Gasteiger partial charge on any atom is 0.530 e. The second-order valence-corrected chi connectivity index (χ2v) is 9.26. The molecule has 0 aliphatic carbocycles. The molecule has 1 fully saturated rings. The Labute approximate surface area is 188 Å². The van der Waals surface area contributed by atoms with Gasteiger partial charge in [0.15, 0.2) is 23.0 Å². The zero-order chi connectivity index (χ0) is 24.3. The van der Waals surface area contributed by atoms with Gasteiger partial charge in [-0.3, -0.25) is 23.4 Å². The lowest BCUT2D eigenvalue weighted by Crippen LogP contribution is -2.52. The molecule has 13 nitrogen and oxygen atoms in total. The van der Waals surface area contributed by atoms with Gasteiger partial charge in [-0.2, -0.15) is 4.98 Å². The molecule has 4 heterocycles. The van der Waals surface area contributed by atoms with Gasteiger partial charge in [-0.25, -0.2) is 18.3 Å². The summed E-state index contributed by atoms with van der Waals surface area (Å²) in [6.45, 7) is -1.33. The number of anilines is 1. The second kappa shape index (κ2) is 8.08. The van der Waals surface area contributed by atoms with Crippen molar-refractivity contribution < 1.29 is 41.9 Å². The van der Waals surface area contributed by atoms with Crippen LogP contribution in [0.3, 0.4) is 0 Å². The standard InChI is InChI=1S/C18H18F2N5O8P/c19-16(20)18(6-31-34(29)30-5-8-3-1-2-4-9(8)33-34)12(27)11(26)15(32-18)25-7-22-10-13(25)23-17(21)24-14(10)28/h1-4,7,11-12,15-16,26-27H,5-6H2,(H3,21,23,24,28)/t11-,12-,15-,18-,34?/m1/s1. The van der Waals surface area contributed by atoms with Crippen molar-refractivity contribution in [2.75, 3.05) is 12.3 Å². The summed E-state index contributed by atoms with van der Waals surface area (Å²) in [7, 11) is -4.36. The normalized spacial score (nSPS) is 31.0. The zero-order valence-corrected chi connectivity index (χ0v) is 18.0. The predicted molar refractivity (Wildman–Crippen MR) is 109 cm³/mol. The Morgan fingerprint density at radius 2 is 2.15 bits per heavy atom. The van der Waals surface area contributed by atoms with Gasteiger partial charge in [0.2, 0.25) is 5.95 Å². The minimum atomic E-state index is -4.36. The predicted octanol–water partition coefficient (Wildman–Crippen LogP) is 0.690. The number of alkyl halides is 2. The average Bonchev–Trinajstić information content (AvgIpc) is 3.32. The number of nitrogens with zero attached hydrogens (tertiary/aromatic N) is 3. The van der Waals surface area contributed by atoms with Crippen LogP contribution >= 0.6 is 7.82 Å². The van der Waals surface area contributed by atoms with E-state index in [-0.39, 0.29) is 29.5 Å². The summed E-state index contributed by atoms with van der Waals surface area (Å²) in [5.41, 5.74) is 2.19. The van der Waals surface area contributed by atoms with Gasteiger partial charge in [0.05, 0.1) is 19.5 Å². The quantitative estimate of drug-likeness (QED) is 0.361. The van der Waals surface area contributed by atoms with E-state index >= 15 is 0 Å². The number of aromatic amines is 1. The maximum atomic E-state index is 14.2. The molecule has 2 aromatic heterocycles. The number of aromatic nitrogens is 4. The number of halogens is 2. The highest BCUT2D eigenvalue weighted by Gasteiger charge is 2.62. The number of nitrogens with two attached hydrogens (primary N) is 1. The van der Waals surface area contributed by atoms with Gasteiger partial charge in [0.1, 0.15) is 18.0 Å². The minimum Gasteiger partial charge on any atom is -0.404 e. The van der Waals surface area contributed by atoms with Crippen molar-refractivity contribution in [2.24, 2.45) is 0 Å². The molecule has 1 aromatic carbocycles. The lowest BCUT2D eigenvalue weighted by molar-refractivity contribution is -0.193. The number of rotatable bonds is 5. The molecule has 0 saturated carbocycles. The summed E-state index contributed by atoms with van der Waals surface area (Å²) >= 11 is 0. The largest absolute Gasteiger partial charge is 0.530 e. The Balaban J connectivity index is 1.43. The highest BCUT2D eigenvalue weighted by molar-refractivity contribution is 7.49. The molecule has 5 N–H and O–H groups in total. The van der Waals surface area contributed by atoms with E-state index < -0.39 is 50.5 Å². The third-order valence-electron chi connectivity index (χ3n) is 5.56. The Hall–Kier alpha value is -2.94. The number of nitrogen functional groups attached to an aromatic ring is 1. The van der Waals surface area contributed by atoms with Crippen LogP contribution < -0.4 is 15.8 Å². The fourth-order valence-electron chi connectivity index (χ4n) is 3.77. The third-order valence-corrected chi connectivity index (χ3v) is 6.87. The summed E-state index contributed by atoms with van der Waals surface area (Å²) < 4.78 is 63.2. The van der Waals surface area contributed by atoms with E-state index in [1.165, 1.54) is 6.07 Å². The van der Waals surface area contributed by atoms with Crippen LogP contribution in [-0.4, -0.2) is 60.6 Å². The molecule has 16 heteroatoms. The van der Waals surface area contributed by atoms with E-state index in [9.17, 15) is 28.4 Å². The number of fused-ring (bicyclic) bond motifs is 2. The number of benzene rings is 1. The summed E-state index contributed by atoms with van der Waals surface area (Å²) in [5, 5.41) is 21.1. The molecular weight excluding hydrogens is 483 g/mol. The highest BCUT2D eigenvalue weighted by Crippen LogP contribution is 2.56. The fraction of sp³-hybridized carbons (Fsp3) is 0.389. The van der Waals surface area contributed by atoms with Gasteiger partial charge in [-0.15, -0.1) is 0 Å². The lowest BCUT2D eigenvalue weighted by Gasteiger charge is -2.32. The number of aliphatic hydroxyl groups excluding tert-OH is 2. The van der Waals surface area contributed by atoms with Crippen LogP contribution in [0.15, 0.2) is 35.4 Å². The van der Waals surface area contributed by atoms with E-state index in [1.54, 1.807) is 18.2 Å². The molecule has 3 aromatic rings. The molecule has 2 aliphatic heterocycles. The number of nitrogens with one attached hydrogen (secondary N) is 1. The molecule has 182 valence electrons. The molecule has 0 bridgehead atoms. The monoisotopic (exact) mass is 501 g/mol. The van der Waals surface area contributed by atoms with E-state index in [0.717, 1.165) is 10.9 Å². The maximum absolute atomic E-state index is 14.2. The topological polar surface area (TPSA) is 184 Å². The number of phosphoric ester groups is 1. The Kier molecular flexibility index (Phi) is 5.42. The summed E-state index contributed by atoms with van der Waals surface area (Å²) in [4.78, 5) is 22.0. The van der Waals surface area contributed by atoms with Gasteiger partial charge in [0.25, 0.3) is 12.0 Å². The van der Waals surface area contributed by atoms with Crippen LogP contribution in [0.2, 0.25) is 0 Å². The second-order valence-electron chi connectivity index (χ2n) is 7.67. The lowest BCUT2D eigenvalue weighted by atomic mass is 9.96. The molecule has 2 aliphatic rings. The first-order valence-corrected chi connectivity index (χ1v) is 11.3. The van der Waals surface area contributed by atoms with Crippen molar-refractivity contribution >= 4 is 24.9 Å². The number of hydrogen-bond donors (Lipinski definition) is 4. The van der Waals surface area contributed by atoms with Crippen molar-refractivity contribution in [3.63, 3.8) is 0 Å². The van der Waals surface area contributed by atoms with Crippen LogP contribution in [0, 0.1) is 0 Å². The smallest absolute Gasteiger partial charge is 0.404 e. The van der Waals surface area contributed by atoms with Crippen LogP contribution in [0.1, 0.15) is 11.8 Å². The molecule has 1 saturated heterocycles. The molecule has 34 heavy (non-hydrogen) atoms. The van der Waals surface area contributed by atoms with Crippen molar-refractivity contribution in [2.45, 2.75) is 37.1 Å². The Morgan fingerprint density at radius 1 is 1.38 bits per heavy atom. The summed E-state index contributed by atoms with van der Waals surface area (Å²) in [6.07, 6.45) is -8.21. The Morgan fingerprint density at radius 3 is 2.91 bits per heavy atom. The van der Waals surface area contributed by atoms with Gasteiger partial charge >= 0.3 is 7.82 Å². The molecule has 1 unspecified atom stereocenters. The highest BCUT2D eigenvalue weighted by atomic mass is 31.2. The number of ether oxygens (including phenoxy) is 1. The van der Waals surface area contributed by atoms with Crippen LogP contribution in [0.5, 0.6) is 5.75 Å². The summed E-state index contributed by atoms with van der Waals surface area (Å²) in [6, 6.07) is 6.48. The van der Waals surface area contributed by atoms with Gasteiger partial charge in [-0.05, 0) is 6.07 Å². The Bertz CT molecular complexity index is 1350. The molecule has 0 radical (unpaired) electrons. The van der Waals surface area contributed by atoms with E-state index in [4.69, 9.17) is 24.0 Å². The average molecular weight is 501 g/mol. The first-order valence-electron chi connectivity index (χ1n) is 9.84. The minimum absolute atomic E-state index is 0.160. The molecular formula is C18H18F2N5O8P. The van der Waals surface area contributed by atoms with E-state index in [1.807, 2.05) is 0 Å². The van der Waals surface area contributed by atoms with Crippen molar-refractivity contribution in [1.29, 1.82) is 0 Å². The van der Waals surface area contributed by atoms with Crippen LogP contribution in [0.25, 0.3) is 11.2 Å². The number of imidazole rings is 1. The van der Waals surface area contributed by atoms with Gasteiger partial charge in [-0.1, -0.05) is 18.2 Å². The zero-order valence-electron chi connectivity index (χ0n) is 17.1.